The number of nitrogens with one attached hydrogen (secondary N) is 1. The summed E-state index contributed by atoms with van der Waals surface area (Å²) in [4.78, 5) is 0. The van der Waals surface area contributed by atoms with Crippen molar-refractivity contribution in [2.45, 2.75) is 43.9 Å². The highest BCUT2D eigenvalue weighted by atomic mass is 32.2. The predicted octanol–water partition coefficient (Wildman–Crippen LogP) is 3.94. The van der Waals surface area contributed by atoms with Gasteiger partial charge in [0, 0.05) is 22.9 Å². The van der Waals surface area contributed by atoms with Gasteiger partial charge in [-0.25, -0.2) is 0 Å². The van der Waals surface area contributed by atoms with Gasteiger partial charge in [0.25, 0.3) is 0 Å². The summed E-state index contributed by atoms with van der Waals surface area (Å²) < 4.78 is 5.98. The van der Waals surface area contributed by atoms with Crippen LogP contribution in [0.5, 0.6) is 5.75 Å². The largest absolute Gasteiger partial charge is 0.496 e. The van der Waals surface area contributed by atoms with Crippen LogP contribution in [-0.2, 0) is 0 Å². The molecule has 1 aliphatic rings. The molecule has 2 rings (SSSR count). The molecular formula is C16H25NOS. The van der Waals surface area contributed by atoms with Crippen molar-refractivity contribution in [3.63, 3.8) is 0 Å². The van der Waals surface area contributed by atoms with Gasteiger partial charge in [0.2, 0.25) is 0 Å². The second-order valence-electron chi connectivity index (χ2n) is 5.59. The Kier molecular flexibility index (Phi) is 4.80. The van der Waals surface area contributed by atoms with Crippen LogP contribution in [0.2, 0.25) is 0 Å². The molecule has 0 saturated heterocycles. The molecule has 1 unspecified atom stereocenters. The molecule has 3 heteroatoms. The molecule has 0 aliphatic heterocycles. The highest BCUT2D eigenvalue weighted by molar-refractivity contribution is 8.00. The van der Waals surface area contributed by atoms with Crippen molar-refractivity contribution in [1.29, 1.82) is 0 Å². The number of methoxy groups -OCH3 is 1. The zero-order valence-electron chi connectivity index (χ0n) is 12.5. The molecule has 1 N–H and O–H groups in total. The van der Waals surface area contributed by atoms with Gasteiger partial charge in [-0.3, -0.25) is 0 Å². The van der Waals surface area contributed by atoms with E-state index in [-0.39, 0.29) is 0 Å². The molecule has 0 amide bonds. The molecule has 1 aromatic carbocycles. The molecule has 1 atom stereocenters. The minimum Gasteiger partial charge on any atom is -0.496 e. The van der Waals surface area contributed by atoms with E-state index < -0.39 is 0 Å². The first kappa shape index (κ1) is 14.7. The summed E-state index contributed by atoms with van der Waals surface area (Å²) in [5.41, 5.74) is 2.50. The maximum absolute atomic E-state index is 5.50. The monoisotopic (exact) mass is 279 g/mol. The van der Waals surface area contributed by atoms with Gasteiger partial charge >= 0.3 is 0 Å². The number of hydrogen-bond donors (Lipinski definition) is 1. The summed E-state index contributed by atoms with van der Waals surface area (Å²) in [5, 5.41) is 3.69. The second kappa shape index (κ2) is 6.19. The zero-order valence-corrected chi connectivity index (χ0v) is 13.3. The third kappa shape index (κ3) is 3.26. The summed E-state index contributed by atoms with van der Waals surface area (Å²) >= 11 is 2.01. The molecule has 1 aliphatic carbocycles. The lowest BCUT2D eigenvalue weighted by Crippen LogP contribution is -2.44. The van der Waals surface area contributed by atoms with Gasteiger partial charge in [0.1, 0.15) is 5.75 Å². The van der Waals surface area contributed by atoms with E-state index in [0.717, 1.165) is 12.3 Å². The number of aryl methyl sites for hydroxylation is 1. The van der Waals surface area contributed by atoms with Crippen LogP contribution in [0.1, 0.15) is 43.4 Å². The quantitative estimate of drug-likeness (QED) is 0.852. The van der Waals surface area contributed by atoms with Crippen molar-refractivity contribution in [1.82, 2.24) is 5.32 Å². The Hall–Kier alpha value is -0.670. The number of benzene rings is 1. The van der Waals surface area contributed by atoms with Crippen LogP contribution in [0.3, 0.4) is 0 Å². The first-order valence-corrected chi connectivity index (χ1v) is 8.26. The average Bonchev–Trinajstić information content (AvgIpc) is 2.37. The minimum absolute atomic E-state index is 0.333. The highest BCUT2D eigenvalue weighted by Crippen LogP contribution is 2.42. The lowest BCUT2D eigenvalue weighted by molar-refractivity contribution is 0.331. The van der Waals surface area contributed by atoms with Gasteiger partial charge in [-0.15, -0.1) is 0 Å². The van der Waals surface area contributed by atoms with Crippen LogP contribution in [0.15, 0.2) is 18.2 Å². The van der Waals surface area contributed by atoms with E-state index in [4.69, 9.17) is 4.74 Å². The molecular weight excluding hydrogens is 254 g/mol. The van der Waals surface area contributed by atoms with Gasteiger partial charge in [0.05, 0.1) is 7.11 Å². The topological polar surface area (TPSA) is 21.3 Å². The third-order valence-corrected chi connectivity index (χ3v) is 5.70. The first-order chi connectivity index (χ1) is 9.10. The van der Waals surface area contributed by atoms with Gasteiger partial charge < -0.3 is 10.1 Å². The minimum atomic E-state index is 0.333. The maximum Gasteiger partial charge on any atom is 0.123 e. The molecule has 1 fully saturated rings. The Morgan fingerprint density at radius 3 is 2.68 bits per heavy atom. The van der Waals surface area contributed by atoms with Crippen molar-refractivity contribution in [3.05, 3.63) is 29.3 Å². The molecule has 0 radical (unpaired) electrons. The standard InChI is InChI=1S/C16H25NOS/c1-12-6-7-14(15(10-12)18-3)13(2)17-11-16(19-4)8-5-9-16/h6-7,10,13,17H,5,8-9,11H2,1-4H3. The SMILES string of the molecule is COc1cc(C)ccc1C(C)NCC1(SC)CCC1. The Bertz CT molecular complexity index is 423. The second-order valence-corrected chi connectivity index (χ2v) is 6.86. The van der Waals surface area contributed by atoms with E-state index in [1.54, 1.807) is 7.11 Å². The summed E-state index contributed by atoms with van der Waals surface area (Å²) in [5.74, 6) is 0.992. The third-order valence-electron chi connectivity index (χ3n) is 4.28. The van der Waals surface area contributed by atoms with E-state index >= 15 is 0 Å². The highest BCUT2D eigenvalue weighted by Gasteiger charge is 2.36. The number of ether oxygens (including phenoxy) is 1. The van der Waals surface area contributed by atoms with Crippen molar-refractivity contribution in [3.8, 4) is 5.75 Å². The Balaban J connectivity index is 2.01. The van der Waals surface area contributed by atoms with Crippen molar-refractivity contribution in [2.24, 2.45) is 0 Å². The number of rotatable bonds is 6. The average molecular weight is 279 g/mol. The van der Waals surface area contributed by atoms with Gasteiger partial charge in [0.15, 0.2) is 0 Å². The van der Waals surface area contributed by atoms with Crippen LogP contribution >= 0.6 is 11.8 Å². The molecule has 106 valence electrons. The normalized spacial score (nSPS) is 18.7. The lowest BCUT2D eigenvalue weighted by Gasteiger charge is -2.41. The number of hydrogen-bond acceptors (Lipinski definition) is 3. The number of thioether (sulfide) groups is 1. The molecule has 0 aromatic heterocycles. The van der Waals surface area contributed by atoms with Crippen LogP contribution < -0.4 is 10.1 Å². The Morgan fingerprint density at radius 1 is 1.42 bits per heavy atom. The van der Waals surface area contributed by atoms with Crippen molar-refractivity contribution >= 4 is 11.8 Å². The summed E-state index contributed by atoms with van der Waals surface area (Å²) in [6, 6.07) is 6.78. The fraction of sp³-hybridized carbons (Fsp3) is 0.625. The first-order valence-electron chi connectivity index (χ1n) is 7.03. The summed E-state index contributed by atoms with van der Waals surface area (Å²) in [7, 11) is 1.75. The summed E-state index contributed by atoms with van der Waals surface area (Å²) in [6.45, 7) is 5.41. The van der Waals surface area contributed by atoms with Crippen LogP contribution in [0.4, 0.5) is 0 Å². The Labute approximate surface area is 121 Å². The molecule has 1 saturated carbocycles. The van der Waals surface area contributed by atoms with E-state index in [1.807, 2.05) is 11.8 Å². The molecule has 0 spiro atoms. The van der Waals surface area contributed by atoms with Gasteiger partial charge in [-0.2, -0.15) is 11.8 Å². The fourth-order valence-corrected chi connectivity index (χ4v) is 3.57. The van der Waals surface area contributed by atoms with Crippen molar-refractivity contribution in [2.75, 3.05) is 19.9 Å². The van der Waals surface area contributed by atoms with Crippen molar-refractivity contribution < 1.29 is 4.74 Å². The zero-order chi connectivity index (χ0) is 13.9. The maximum atomic E-state index is 5.50. The van der Waals surface area contributed by atoms with Gasteiger partial charge in [-0.1, -0.05) is 18.6 Å². The van der Waals surface area contributed by atoms with Crippen LogP contribution in [0.25, 0.3) is 0 Å². The molecule has 19 heavy (non-hydrogen) atoms. The van der Waals surface area contributed by atoms with E-state index in [2.05, 4.69) is 43.6 Å². The fourth-order valence-electron chi connectivity index (χ4n) is 2.65. The Morgan fingerprint density at radius 2 is 2.16 bits per heavy atom. The van der Waals surface area contributed by atoms with Gasteiger partial charge in [-0.05, 0) is 44.6 Å². The summed E-state index contributed by atoms with van der Waals surface area (Å²) in [6.07, 6.45) is 6.31. The molecule has 0 heterocycles. The lowest BCUT2D eigenvalue weighted by atomic mass is 9.84. The van der Waals surface area contributed by atoms with E-state index in [0.29, 0.717) is 10.8 Å². The predicted molar refractivity (Wildman–Crippen MR) is 84.2 cm³/mol. The molecule has 2 nitrogen and oxygen atoms in total. The molecule has 1 aromatic rings. The van der Waals surface area contributed by atoms with Crippen LogP contribution in [-0.4, -0.2) is 24.7 Å². The van der Waals surface area contributed by atoms with E-state index in [1.165, 1.54) is 30.4 Å². The smallest absolute Gasteiger partial charge is 0.123 e. The molecule has 0 bridgehead atoms. The van der Waals surface area contributed by atoms with E-state index in [9.17, 15) is 0 Å². The van der Waals surface area contributed by atoms with Crippen LogP contribution in [0, 0.1) is 6.92 Å².